The minimum absolute atomic E-state index is 0.0858. The van der Waals surface area contributed by atoms with Crippen LogP contribution in [0.4, 0.5) is 5.69 Å². The van der Waals surface area contributed by atoms with Crippen molar-refractivity contribution in [3.05, 3.63) is 59.7 Å². The van der Waals surface area contributed by atoms with Gasteiger partial charge in [-0.3, -0.25) is 18.7 Å². The van der Waals surface area contributed by atoms with Crippen LogP contribution in [0.25, 0.3) is 0 Å². The molecule has 0 heterocycles. The van der Waals surface area contributed by atoms with Crippen molar-refractivity contribution in [2.24, 2.45) is 0 Å². The van der Waals surface area contributed by atoms with E-state index in [0.29, 0.717) is 11.3 Å². The first-order valence-electron chi connectivity index (χ1n) is 10.2. The van der Waals surface area contributed by atoms with Crippen LogP contribution in [0.15, 0.2) is 48.5 Å². The van der Waals surface area contributed by atoms with E-state index in [1.807, 2.05) is 0 Å². The average molecular weight is 476 g/mol. The van der Waals surface area contributed by atoms with Crippen LogP contribution in [0.2, 0.25) is 0 Å². The summed E-state index contributed by atoms with van der Waals surface area (Å²) in [6.07, 6.45) is 0.983. The molecule has 0 fully saturated rings. The maximum absolute atomic E-state index is 13.3. The van der Waals surface area contributed by atoms with Crippen molar-refractivity contribution in [3.8, 4) is 5.75 Å². The molecule has 0 bridgehead atoms. The third-order valence-corrected chi connectivity index (χ3v) is 6.29. The van der Waals surface area contributed by atoms with Gasteiger partial charge in [0.25, 0.3) is 0 Å². The van der Waals surface area contributed by atoms with Crippen LogP contribution in [0.1, 0.15) is 29.8 Å². The van der Waals surface area contributed by atoms with E-state index in [4.69, 9.17) is 4.74 Å². The molecule has 0 aliphatic heterocycles. The lowest BCUT2D eigenvalue weighted by atomic mass is 10.1. The fourth-order valence-corrected chi connectivity index (χ4v) is 4.05. The Kier molecular flexibility index (Phi) is 8.58. The fourth-order valence-electron chi connectivity index (χ4n) is 3.21. The molecule has 0 radical (unpaired) electrons. The molecule has 0 aliphatic carbocycles. The number of methoxy groups -OCH3 is 1. The smallest absolute Gasteiger partial charge is 0.244 e. The molecule has 0 saturated carbocycles. The lowest BCUT2D eigenvalue weighted by molar-refractivity contribution is -0.139. The highest BCUT2D eigenvalue weighted by molar-refractivity contribution is 7.92. The number of ether oxygens (including phenoxy) is 1. The molecule has 9 nitrogen and oxygen atoms in total. The Balaban J connectivity index is 2.40. The molecule has 33 heavy (non-hydrogen) atoms. The maximum Gasteiger partial charge on any atom is 0.244 e. The Morgan fingerprint density at radius 3 is 2.24 bits per heavy atom. The van der Waals surface area contributed by atoms with Gasteiger partial charge >= 0.3 is 0 Å². The predicted molar refractivity (Wildman–Crippen MR) is 126 cm³/mol. The number of carbonyl (C=O) groups excluding carboxylic acids is 3. The Morgan fingerprint density at radius 1 is 1.09 bits per heavy atom. The molecule has 0 saturated heterocycles. The van der Waals surface area contributed by atoms with Gasteiger partial charge in [0.2, 0.25) is 21.8 Å². The number of carbonyl (C=O) groups is 3. The summed E-state index contributed by atoms with van der Waals surface area (Å²) in [6, 6.07) is 12.2. The first kappa shape index (κ1) is 25.9. The van der Waals surface area contributed by atoms with Crippen LogP contribution in [0, 0.1) is 0 Å². The van der Waals surface area contributed by atoms with Gasteiger partial charge in [0, 0.05) is 19.2 Å². The SMILES string of the molecule is CNC(=O)C(C)N(Cc1ccc(OC)cc1)C(=O)CN(c1cccc(C(C)=O)c1)S(C)(=O)=O. The van der Waals surface area contributed by atoms with Crippen LogP contribution in [0.5, 0.6) is 5.75 Å². The van der Waals surface area contributed by atoms with Crippen molar-refractivity contribution in [2.45, 2.75) is 26.4 Å². The average Bonchev–Trinajstić information content (AvgIpc) is 2.79. The normalized spacial score (nSPS) is 11.9. The van der Waals surface area contributed by atoms with Crippen LogP contribution in [-0.4, -0.2) is 63.9 Å². The summed E-state index contributed by atoms with van der Waals surface area (Å²) < 4.78 is 31.2. The van der Waals surface area contributed by atoms with Gasteiger partial charge in [-0.1, -0.05) is 24.3 Å². The van der Waals surface area contributed by atoms with E-state index in [0.717, 1.165) is 16.1 Å². The molecule has 1 N–H and O–H groups in total. The number of benzene rings is 2. The van der Waals surface area contributed by atoms with Crippen LogP contribution >= 0.6 is 0 Å². The van der Waals surface area contributed by atoms with Gasteiger partial charge in [0.05, 0.1) is 19.1 Å². The number of nitrogens with one attached hydrogen (secondary N) is 1. The Hall–Kier alpha value is -3.40. The second-order valence-electron chi connectivity index (χ2n) is 7.54. The molecule has 10 heteroatoms. The van der Waals surface area contributed by atoms with Crippen molar-refractivity contribution in [1.82, 2.24) is 10.2 Å². The lowest BCUT2D eigenvalue weighted by Gasteiger charge is -2.31. The quantitative estimate of drug-likeness (QED) is 0.525. The summed E-state index contributed by atoms with van der Waals surface area (Å²) >= 11 is 0. The Morgan fingerprint density at radius 2 is 1.73 bits per heavy atom. The number of ketones is 1. The van der Waals surface area contributed by atoms with Crippen LogP contribution in [-0.2, 0) is 26.2 Å². The standard InChI is InChI=1S/C23H29N3O6S/c1-16(23(29)24-3)25(14-18-9-11-21(32-4)12-10-18)22(28)15-26(33(5,30)31)20-8-6-7-19(13-20)17(2)27/h6-13,16H,14-15H2,1-5H3,(H,24,29). The summed E-state index contributed by atoms with van der Waals surface area (Å²) in [7, 11) is -0.861. The van der Waals surface area contributed by atoms with Gasteiger partial charge < -0.3 is 15.0 Å². The van der Waals surface area contributed by atoms with Gasteiger partial charge in [-0.2, -0.15) is 0 Å². The highest BCUT2D eigenvalue weighted by atomic mass is 32.2. The zero-order valence-electron chi connectivity index (χ0n) is 19.4. The molecule has 1 unspecified atom stereocenters. The maximum atomic E-state index is 13.3. The van der Waals surface area contributed by atoms with Gasteiger partial charge in [-0.15, -0.1) is 0 Å². The van der Waals surface area contributed by atoms with Gasteiger partial charge in [-0.05, 0) is 43.7 Å². The van der Waals surface area contributed by atoms with E-state index in [-0.39, 0.29) is 23.9 Å². The van der Waals surface area contributed by atoms with Gasteiger partial charge in [0.1, 0.15) is 18.3 Å². The third-order valence-electron chi connectivity index (χ3n) is 5.15. The second kappa shape index (κ2) is 11.0. The number of hydrogen-bond acceptors (Lipinski definition) is 6. The zero-order chi connectivity index (χ0) is 24.8. The molecule has 1 atom stereocenters. The number of anilines is 1. The topological polar surface area (TPSA) is 113 Å². The minimum atomic E-state index is -3.86. The van der Waals surface area contributed by atoms with Gasteiger partial charge in [0.15, 0.2) is 5.78 Å². The molecule has 2 rings (SSSR count). The van der Waals surface area contributed by atoms with E-state index in [1.165, 1.54) is 31.0 Å². The molecule has 0 aromatic heterocycles. The molecule has 2 aromatic carbocycles. The summed E-state index contributed by atoms with van der Waals surface area (Å²) in [4.78, 5) is 38.7. The molecular formula is C23H29N3O6S. The summed E-state index contributed by atoms with van der Waals surface area (Å²) in [5.74, 6) is -0.544. The summed E-state index contributed by atoms with van der Waals surface area (Å²) in [5.41, 5.74) is 1.25. The lowest BCUT2D eigenvalue weighted by Crippen LogP contribution is -2.50. The van der Waals surface area contributed by atoms with Crippen molar-refractivity contribution in [1.29, 1.82) is 0 Å². The summed E-state index contributed by atoms with van der Waals surface area (Å²) in [6.45, 7) is 2.50. The number of amides is 2. The fraction of sp³-hybridized carbons (Fsp3) is 0.348. The number of nitrogens with zero attached hydrogens (tertiary/aromatic N) is 2. The minimum Gasteiger partial charge on any atom is -0.497 e. The molecule has 0 aliphatic rings. The van der Waals surface area contributed by atoms with E-state index < -0.39 is 28.5 Å². The monoisotopic (exact) mass is 475 g/mol. The number of Topliss-reactive ketones (excluding diaryl/α,β-unsaturated/α-hetero) is 1. The molecule has 2 amide bonds. The van der Waals surface area contributed by atoms with Crippen molar-refractivity contribution in [3.63, 3.8) is 0 Å². The van der Waals surface area contributed by atoms with Crippen molar-refractivity contribution >= 4 is 33.3 Å². The number of rotatable bonds is 10. The highest BCUT2D eigenvalue weighted by Crippen LogP contribution is 2.21. The zero-order valence-corrected chi connectivity index (χ0v) is 20.2. The number of likely N-dealkylation sites (N-methyl/N-ethyl adjacent to an activating group) is 1. The third kappa shape index (κ3) is 6.79. The predicted octanol–water partition coefficient (Wildman–Crippen LogP) is 1.83. The first-order chi connectivity index (χ1) is 15.5. The van der Waals surface area contributed by atoms with E-state index in [9.17, 15) is 22.8 Å². The Bertz CT molecular complexity index is 1120. The van der Waals surface area contributed by atoms with E-state index >= 15 is 0 Å². The molecule has 0 spiro atoms. The van der Waals surface area contributed by atoms with E-state index in [2.05, 4.69) is 5.32 Å². The largest absolute Gasteiger partial charge is 0.497 e. The van der Waals surface area contributed by atoms with Crippen molar-refractivity contribution in [2.75, 3.05) is 31.3 Å². The van der Waals surface area contributed by atoms with E-state index in [1.54, 1.807) is 50.4 Å². The number of hydrogen-bond donors (Lipinski definition) is 1. The number of sulfonamides is 1. The first-order valence-corrected chi connectivity index (χ1v) is 12.1. The molecular weight excluding hydrogens is 446 g/mol. The second-order valence-corrected chi connectivity index (χ2v) is 9.44. The molecule has 2 aromatic rings. The van der Waals surface area contributed by atoms with Crippen molar-refractivity contribution < 1.29 is 27.5 Å². The highest BCUT2D eigenvalue weighted by Gasteiger charge is 2.29. The van der Waals surface area contributed by atoms with Crippen LogP contribution in [0.3, 0.4) is 0 Å². The molecule has 178 valence electrons. The Labute approximate surface area is 194 Å². The van der Waals surface area contributed by atoms with Crippen LogP contribution < -0.4 is 14.4 Å². The summed E-state index contributed by atoms with van der Waals surface area (Å²) in [5, 5.41) is 2.52. The van der Waals surface area contributed by atoms with Gasteiger partial charge in [-0.25, -0.2) is 8.42 Å².